The summed E-state index contributed by atoms with van der Waals surface area (Å²) in [4.78, 5) is 24.1. The fourth-order valence-corrected chi connectivity index (χ4v) is 3.05. The minimum atomic E-state index is -0.446. The summed E-state index contributed by atoms with van der Waals surface area (Å²) < 4.78 is 12.9. The van der Waals surface area contributed by atoms with E-state index in [1.165, 1.54) is 23.9 Å². The number of nitrogens with two attached hydrogens (primary N) is 1. The average molecular weight is 375 g/mol. The van der Waals surface area contributed by atoms with Gasteiger partial charge in [-0.3, -0.25) is 9.59 Å². The number of amides is 2. The number of carbonyl (C=O) groups excluding carboxylic acids is 2. The number of thioether (sulfide) groups is 1. The maximum Gasteiger partial charge on any atom is 0.242 e. The molecule has 1 atom stereocenters. The number of carbonyl (C=O) groups is 2. The van der Waals surface area contributed by atoms with Gasteiger partial charge in [-0.2, -0.15) is 0 Å². The van der Waals surface area contributed by atoms with Crippen molar-refractivity contribution in [1.82, 2.24) is 5.32 Å². The molecule has 0 bridgehead atoms. The van der Waals surface area contributed by atoms with Crippen LogP contribution >= 0.6 is 11.8 Å². The Morgan fingerprint density at radius 2 is 1.85 bits per heavy atom. The summed E-state index contributed by atoms with van der Waals surface area (Å²) in [6.45, 7) is 2.23. The van der Waals surface area contributed by atoms with E-state index in [0.717, 1.165) is 16.1 Å². The zero-order valence-electron chi connectivity index (χ0n) is 14.5. The Morgan fingerprint density at radius 3 is 2.54 bits per heavy atom. The maximum atomic E-state index is 12.9. The van der Waals surface area contributed by atoms with Gasteiger partial charge in [0.15, 0.2) is 0 Å². The van der Waals surface area contributed by atoms with Gasteiger partial charge in [-0.05, 0) is 43.2 Å². The SMILES string of the molecule is C[C@H](Nc1ccccc1SCC(N)=O)C(=O)NCCc1ccc(F)cc1. The normalized spacial score (nSPS) is 11.6. The van der Waals surface area contributed by atoms with Crippen LogP contribution in [0.1, 0.15) is 12.5 Å². The Bertz CT molecular complexity index is 753. The van der Waals surface area contributed by atoms with Crippen LogP contribution in [0.2, 0.25) is 0 Å². The van der Waals surface area contributed by atoms with Gasteiger partial charge in [0.25, 0.3) is 0 Å². The third-order valence-corrected chi connectivity index (χ3v) is 4.74. The van der Waals surface area contributed by atoms with Crippen LogP contribution in [-0.2, 0) is 16.0 Å². The lowest BCUT2D eigenvalue weighted by Crippen LogP contribution is -2.38. The van der Waals surface area contributed by atoms with E-state index in [1.807, 2.05) is 24.3 Å². The molecule has 2 amide bonds. The van der Waals surface area contributed by atoms with Gasteiger partial charge in [-0.25, -0.2) is 4.39 Å². The number of hydrogen-bond acceptors (Lipinski definition) is 4. The summed E-state index contributed by atoms with van der Waals surface area (Å²) in [5, 5.41) is 6.01. The molecule has 5 nitrogen and oxygen atoms in total. The Kier molecular flexibility index (Phi) is 7.47. The zero-order valence-corrected chi connectivity index (χ0v) is 15.3. The molecule has 7 heteroatoms. The van der Waals surface area contributed by atoms with Gasteiger partial charge in [0.1, 0.15) is 11.9 Å². The molecule has 2 aromatic carbocycles. The smallest absolute Gasteiger partial charge is 0.242 e. The van der Waals surface area contributed by atoms with Crippen molar-refractivity contribution in [2.45, 2.75) is 24.3 Å². The van der Waals surface area contributed by atoms with Crippen LogP contribution < -0.4 is 16.4 Å². The Labute approximate surface area is 156 Å². The van der Waals surface area contributed by atoms with Gasteiger partial charge in [0.2, 0.25) is 11.8 Å². The van der Waals surface area contributed by atoms with Gasteiger partial charge in [0.05, 0.1) is 5.75 Å². The number of anilines is 1. The molecule has 0 unspecified atom stereocenters. The predicted octanol–water partition coefficient (Wildman–Crippen LogP) is 2.56. The molecular formula is C19H22FN3O2S. The fourth-order valence-electron chi connectivity index (χ4n) is 2.29. The van der Waals surface area contributed by atoms with Crippen molar-refractivity contribution in [3.63, 3.8) is 0 Å². The molecule has 4 N–H and O–H groups in total. The van der Waals surface area contributed by atoms with E-state index in [4.69, 9.17) is 5.73 Å². The summed E-state index contributed by atoms with van der Waals surface area (Å²) in [5.41, 5.74) is 6.92. The van der Waals surface area contributed by atoms with Crippen LogP contribution in [0.3, 0.4) is 0 Å². The third kappa shape index (κ3) is 6.40. The highest BCUT2D eigenvalue weighted by Crippen LogP contribution is 2.27. The minimum Gasteiger partial charge on any atom is -0.373 e. The highest BCUT2D eigenvalue weighted by atomic mass is 32.2. The van der Waals surface area contributed by atoms with Gasteiger partial charge >= 0.3 is 0 Å². The second-order valence-corrected chi connectivity index (χ2v) is 6.80. The van der Waals surface area contributed by atoms with Crippen molar-refractivity contribution in [1.29, 1.82) is 0 Å². The fraction of sp³-hybridized carbons (Fsp3) is 0.263. The topological polar surface area (TPSA) is 84.2 Å². The maximum absolute atomic E-state index is 12.9. The van der Waals surface area contributed by atoms with Crippen LogP contribution in [0.25, 0.3) is 0 Å². The second kappa shape index (κ2) is 9.82. The van der Waals surface area contributed by atoms with Crippen molar-refractivity contribution in [2.24, 2.45) is 5.73 Å². The Morgan fingerprint density at radius 1 is 1.15 bits per heavy atom. The highest BCUT2D eigenvalue weighted by Gasteiger charge is 2.14. The van der Waals surface area contributed by atoms with E-state index < -0.39 is 11.9 Å². The number of para-hydroxylation sites is 1. The summed E-state index contributed by atoms with van der Waals surface area (Å²) in [6.07, 6.45) is 0.629. The summed E-state index contributed by atoms with van der Waals surface area (Å²) in [7, 11) is 0. The van der Waals surface area contributed by atoms with Crippen molar-refractivity contribution in [3.05, 3.63) is 59.9 Å². The minimum absolute atomic E-state index is 0.137. The Balaban J connectivity index is 1.84. The molecule has 0 spiro atoms. The monoisotopic (exact) mass is 375 g/mol. The number of rotatable bonds is 9. The molecule has 2 rings (SSSR count). The van der Waals surface area contributed by atoms with E-state index in [0.29, 0.717) is 13.0 Å². The first kappa shape index (κ1) is 19.8. The predicted molar refractivity (Wildman–Crippen MR) is 103 cm³/mol. The molecule has 2 aromatic rings. The van der Waals surface area contributed by atoms with Crippen LogP contribution in [0.15, 0.2) is 53.4 Å². The van der Waals surface area contributed by atoms with E-state index >= 15 is 0 Å². The molecule has 0 aromatic heterocycles. The molecule has 0 saturated carbocycles. The highest BCUT2D eigenvalue weighted by molar-refractivity contribution is 8.00. The lowest BCUT2D eigenvalue weighted by Gasteiger charge is -2.17. The van der Waals surface area contributed by atoms with E-state index in [-0.39, 0.29) is 17.5 Å². The standard InChI is InChI=1S/C19H22FN3O2S/c1-13(19(25)22-11-10-14-6-8-15(20)9-7-14)23-16-4-2-3-5-17(16)26-12-18(21)24/h2-9,13,23H,10-12H2,1H3,(H2,21,24)(H,22,25)/t13-/m0/s1. The molecule has 138 valence electrons. The largest absolute Gasteiger partial charge is 0.373 e. The zero-order chi connectivity index (χ0) is 18.9. The average Bonchev–Trinajstić information content (AvgIpc) is 2.62. The third-order valence-electron chi connectivity index (χ3n) is 3.65. The van der Waals surface area contributed by atoms with Crippen molar-refractivity contribution < 1.29 is 14.0 Å². The molecule has 0 aliphatic rings. The number of benzene rings is 2. The van der Waals surface area contributed by atoms with E-state index in [2.05, 4.69) is 10.6 Å². The molecule has 0 aliphatic heterocycles. The van der Waals surface area contributed by atoms with Crippen molar-refractivity contribution in [3.8, 4) is 0 Å². The number of primary amides is 1. The van der Waals surface area contributed by atoms with Crippen molar-refractivity contribution in [2.75, 3.05) is 17.6 Å². The number of nitrogens with one attached hydrogen (secondary N) is 2. The number of halogens is 1. The molecule has 0 heterocycles. The molecule has 0 fully saturated rings. The summed E-state index contributed by atoms with van der Waals surface area (Å²) in [6, 6.07) is 13.2. The van der Waals surface area contributed by atoms with Crippen molar-refractivity contribution >= 4 is 29.3 Å². The van der Waals surface area contributed by atoms with Gasteiger partial charge in [-0.15, -0.1) is 11.8 Å². The van der Waals surface area contributed by atoms with Gasteiger partial charge in [0, 0.05) is 17.1 Å². The first-order chi connectivity index (χ1) is 12.5. The van der Waals surface area contributed by atoms with Crippen LogP contribution in [0.4, 0.5) is 10.1 Å². The van der Waals surface area contributed by atoms with Crippen LogP contribution in [0.5, 0.6) is 0 Å². The van der Waals surface area contributed by atoms with E-state index in [9.17, 15) is 14.0 Å². The lowest BCUT2D eigenvalue weighted by molar-refractivity contribution is -0.121. The second-order valence-electron chi connectivity index (χ2n) is 5.78. The molecular weight excluding hydrogens is 353 g/mol. The summed E-state index contributed by atoms with van der Waals surface area (Å²) in [5.74, 6) is -0.626. The lowest BCUT2D eigenvalue weighted by atomic mass is 10.1. The first-order valence-electron chi connectivity index (χ1n) is 8.24. The molecule has 0 radical (unpaired) electrons. The van der Waals surface area contributed by atoms with Gasteiger partial charge in [-0.1, -0.05) is 24.3 Å². The quantitative estimate of drug-likeness (QED) is 0.588. The van der Waals surface area contributed by atoms with Gasteiger partial charge < -0.3 is 16.4 Å². The number of hydrogen-bond donors (Lipinski definition) is 3. The molecule has 0 aliphatic carbocycles. The van der Waals surface area contributed by atoms with Crippen LogP contribution in [-0.4, -0.2) is 30.2 Å². The Hall–Kier alpha value is -2.54. The molecule has 0 saturated heterocycles. The first-order valence-corrected chi connectivity index (χ1v) is 9.23. The van der Waals surface area contributed by atoms with E-state index in [1.54, 1.807) is 19.1 Å². The molecule has 26 heavy (non-hydrogen) atoms. The van der Waals surface area contributed by atoms with Crippen LogP contribution in [0, 0.1) is 5.82 Å². The summed E-state index contributed by atoms with van der Waals surface area (Å²) >= 11 is 1.33.